The molecule has 1 aliphatic rings. The van der Waals surface area contributed by atoms with Gasteiger partial charge in [-0.3, -0.25) is 4.68 Å². The monoisotopic (exact) mass is 272 g/mol. The van der Waals surface area contributed by atoms with Gasteiger partial charge >= 0.3 is 5.97 Å². The van der Waals surface area contributed by atoms with Crippen molar-refractivity contribution in [2.24, 2.45) is 7.05 Å². The number of nitrogens with zero attached hydrogens (tertiary/aromatic N) is 2. The van der Waals surface area contributed by atoms with E-state index in [1.54, 1.807) is 17.8 Å². The lowest BCUT2D eigenvalue weighted by molar-refractivity contribution is 0.0689. The number of aromatic nitrogens is 2. The summed E-state index contributed by atoms with van der Waals surface area (Å²) < 4.78 is 7.42. The normalized spacial score (nSPS) is 17.4. The molecule has 0 aliphatic carbocycles. The number of benzene rings is 1. The zero-order valence-corrected chi connectivity index (χ0v) is 11.5. The maximum Gasteiger partial charge on any atom is 0.356 e. The van der Waals surface area contributed by atoms with Gasteiger partial charge in [-0.15, -0.1) is 0 Å². The van der Waals surface area contributed by atoms with Crippen molar-refractivity contribution in [2.75, 3.05) is 0 Å². The summed E-state index contributed by atoms with van der Waals surface area (Å²) in [6.45, 7) is 2.06. The van der Waals surface area contributed by atoms with E-state index in [-0.39, 0.29) is 11.8 Å². The highest BCUT2D eigenvalue weighted by Crippen LogP contribution is 2.32. The van der Waals surface area contributed by atoms with Crippen LogP contribution in [0.3, 0.4) is 0 Å². The van der Waals surface area contributed by atoms with E-state index in [4.69, 9.17) is 9.84 Å². The molecule has 3 rings (SSSR count). The summed E-state index contributed by atoms with van der Waals surface area (Å²) in [6, 6.07) is 7.58. The topological polar surface area (TPSA) is 64.3 Å². The Morgan fingerprint density at radius 1 is 1.45 bits per heavy atom. The Balaban J connectivity index is 2.02. The summed E-state index contributed by atoms with van der Waals surface area (Å²) in [7, 11) is 1.74. The Bertz CT molecular complexity index is 676. The van der Waals surface area contributed by atoms with Crippen LogP contribution in [0.4, 0.5) is 0 Å². The number of fused-ring (bicyclic) bond motifs is 1. The van der Waals surface area contributed by atoms with E-state index in [2.05, 4.69) is 12.0 Å². The fourth-order valence-corrected chi connectivity index (χ4v) is 2.51. The van der Waals surface area contributed by atoms with Crippen LogP contribution in [-0.2, 0) is 13.5 Å². The molecule has 0 spiro atoms. The van der Waals surface area contributed by atoms with Crippen LogP contribution in [0.2, 0.25) is 0 Å². The van der Waals surface area contributed by atoms with Gasteiger partial charge in [0.05, 0.1) is 11.8 Å². The number of carboxylic acid groups (broad SMARTS) is 1. The first-order valence-corrected chi connectivity index (χ1v) is 6.62. The maximum atomic E-state index is 11.0. The number of ether oxygens (including phenoxy) is 1. The van der Waals surface area contributed by atoms with Crippen molar-refractivity contribution in [1.82, 2.24) is 9.78 Å². The number of aryl methyl sites for hydroxylation is 2. The van der Waals surface area contributed by atoms with E-state index in [9.17, 15) is 4.79 Å². The van der Waals surface area contributed by atoms with Crippen LogP contribution in [-0.4, -0.2) is 27.0 Å². The smallest absolute Gasteiger partial charge is 0.356 e. The molecule has 2 aromatic rings. The Morgan fingerprint density at radius 2 is 2.25 bits per heavy atom. The molecule has 0 radical (unpaired) electrons. The van der Waals surface area contributed by atoms with Crippen LogP contribution in [0.25, 0.3) is 11.3 Å². The quantitative estimate of drug-likeness (QED) is 0.912. The van der Waals surface area contributed by atoms with Gasteiger partial charge in [0.25, 0.3) is 0 Å². The van der Waals surface area contributed by atoms with E-state index >= 15 is 0 Å². The molecule has 104 valence electrons. The predicted octanol–water partition coefficient (Wildman–Crippen LogP) is 2.50. The molecular formula is C15H16N2O3. The van der Waals surface area contributed by atoms with Gasteiger partial charge < -0.3 is 9.84 Å². The zero-order valence-electron chi connectivity index (χ0n) is 11.5. The maximum absolute atomic E-state index is 11.0. The minimum absolute atomic E-state index is 0.0505. The Morgan fingerprint density at radius 3 is 2.95 bits per heavy atom. The highest BCUT2D eigenvalue weighted by molar-refractivity contribution is 5.87. The van der Waals surface area contributed by atoms with E-state index in [0.29, 0.717) is 0 Å². The summed E-state index contributed by atoms with van der Waals surface area (Å²) in [6.07, 6.45) is 2.27. The molecule has 1 aliphatic heterocycles. The van der Waals surface area contributed by atoms with Crippen LogP contribution < -0.4 is 4.74 Å². The van der Waals surface area contributed by atoms with Crippen molar-refractivity contribution >= 4 is 5.97 Å². The molecule has 1 aromatic carbocycles. The second-order valence-corrected chi connectivity index (χ2v) is 5.13. The number of rotatable bonds is 2. The molecule has 0 fully saturated rings. The van der Waals surface area contributed by atoms with Crippen molar-refractivity contribution in [3.63, 3.8) is 0 Å². The predicted molar refractivity (Wildman–Crippen MR) is 74.0 cm³/mol. The largest absolute Gasteiger partial charge is 0.490 e. The fourth-order valence-electron chi connectivity index (χ4n) is 2.51. The van der Waals surface area contributed by atoms with Gasteiger partial charge in [-0.05, 0) is 37.5 Å². The van der Waals surface area contributed by atoms with Crippen LogP contribution in [0.1, 0.15) is 29.4 Å². The third-order valence-corrected chi connectivity index (χ3v) is 3.61. The van der Waals surface area contributed by atoms with Gasteiger partial charge in [0, 0.05) is 12.6 Å². The first-order valence-electron chi connectivity index (χ1n) is 6.62. The Hall–Kier alpha value is -2.30. The van der Waals surface area contributed by atoms with E-state index in [1.165, 1.54) is 5.56 Å². The summed E-state index contributed by atoms with van der Waals surface area (Å²) in [5, 5.41) is 13.0. The number of aromatic carboxylic acids is 1. The average molecular weight is 272 g/mol. The van der Waals surface area contributed by atoms with Gasteiger partial charge in [-0.25, -0.2) is 4.79 Å². The number of carboxylic acids is 1. The van der Waals surface area contributed by atoms with Gasteiger partial charge in [-0.2, -0.15) is 5.10 Å². The van der Waals surface area contributed by atoms with Crippen molar-refractivity contribution < 1.29 is 14.6 Å². The molecule has 1 aromatic heterocycles. The molecule has 20 heavy (non-hydrogen) atoms. The van der Waals surface area contributed by atoms with Crippen LogP contribution in [0.15, 0.2) is 24.3 Å². The second kappa shape index (κ2) is 4.67. The minimum atomic E-state index is -1.02. The zero-order chi connectivity index (χ0) is 14.3. The molecule has 0 saturated carbocycles. The summed E-state index contributed by atoms with van der Waals surface area (Å²) in [5.74, 6) is -0.131. The molecular weight excluding hydrogens is 256 g/mol. The number of hydrogen-bond acceptors (Lipinski definition) is 3. The number of hydrogen-bond donors (Lipinski definition) is 1. The summed E-state index contributed by atoms with van der Waals surface area (Å²) in [5.41, 5.74) is 2.94. The first kappa shape index (κ1) is 12.7. The van der Waals surface area contributed by atoms with Crippen molar-refractivity contribution in [3.05, 3.63) is 35.5 Å². The molecule has 0 bridgehead atoms. The van der Waals surface area contributed by atoms with Gasteiger partial charge in [0.1, 0.15) is 5.75 Å². The SMILES string of the molecule is CC1CCc2ccc(-c3cc(C(=O)O)nn3C)cc2O1. The molecule has 1 unspecified atom stereocenters. The molecule has 0 amide bonds. The van der Waals surface area contributed by atoms with E-state index in [0.717, 1.165) is 29.8 Å². The molecule has 2 heterocycles. The summed E-state index contributed by atoms with van der Waals surface area (Å²) >= 11 is 0. The average Bonchev–Trinajstić information content (AvgIpc) is 2.80. The van der Waals surface area contributed by atoms with Crippen LogP contribution in [0, 0.1) is 0 Å². The standard InChI is InChI=1S/C15H16N2O3/c1-9-3-4-10-5-6-11(7-14(10)20-9)13-8-12(15(18)19)16-17(13)2/h5-9H,3-4H2,1-2H3,(H,18,19). The van der Waals surface area contributed by atoms with E-state index in [1.807, 2.05) is 18.2 Å². The first-order chi connectivity index (χ1) is 9.54. The molecule has 1 N–H and O–H groups in total. The minimum Gasteiger partial charge on any atom is -0.490 e. The van der Waals surface area contributed by atoms with Crippen molar-refractivity contribution in [2.45, 2.75) is 25.9 Å². The molecule has 5 heteroatoms. The number of carbonyl (C=O) groups is 1. The fraction of sp³-hybridized carbons (Fsp3) is 0.333. The molecule has 1 atom stereocenters. The van der Waals surface area contributed by atoms with Gasteiger partial charge in [-0.1, -0.05) is 12.1 Å². The highest BCUT2D eigenvalue weighted by Gasteiger charge is 2.18. The van der Waals surface area contributed by atoms with Crippen molar-refractivity contribution in [1.29, 1.82) is 0 Å². The van der Waals surface area contributed by atoms with Crippen LogP contribution in [0.5, 0.6) is 5.75 Å². The van der Waals surface area contributed by atoms with Crippen LogP contribution >= 0.6 is 0 Å². The lowest BCUT2D eigenvalue weighted by Gasteiger charge is -2.23. The molecule has 5 nitrogen and oxygen atoms in total. The highest BCUT2D eigenvalue weighted by atomic mass is 16.5. The van der Waals surface area contributed by atoms with Gasteiger partial charge in [0.15, 0.2) is 5.69 Å². The Labute approximate surface area is 116 Å². The van der Waals surface area contributed by atoms with E-state index < -0.39 is 5.97 Å². The van der Waals surface area contributed by atoms with Crippen molar-refractivity contribution in [3.8, 4) is 17.0 Å². The lowest BCUT2D eigenvalue weighted by Crippen LogP contribution is -2.18. The third kappa shape index (κ3) is 2.15. The Kier molecular flexibility index (Phi) is 2.97. The lowest BCUT2D eigenvalue weighted by atomic mass is 10.00. The summed E-state index contributed by atoms with van der Waals surface area (Å²) in [4.78, 5) is 11.0. The third-order valence-electron chi connectivity index (χ3n) is 3.61. The van der Waals surface area contributed by atoms with Gasteiger partial charge in [0.2, 0.25) is 0 Å². The second-order valence-electron chi connectivity index (χ2n) is 5.13. The molecule has 0 saturated heterocycles.